The first kappa shape index (κ1) is 16.0. The van der Waals surface area contributed by atoms with Crippen LogP contribution in [0, 0.1) is 5.41 Å². The van der Waals surface area contributed by atoms with Gasteiger partial charge in [0.1, 0.15) is 5.75 Å². The Morgan fingerprint density at radius 3 is 2.40 bits per heavy atom. The van der Waals surface area contributed by atoms with Gasteiger partial charge in [0.05, 0.1) is 24.4 Å². The zero-order valence-electron chi connectivity index (χ0n) is 12.1. The topological polar surface area (TPSA) is 102 Å². The van der Waals surface area contributed by atoms with Crippen LogP contribution < -0.4 is 15.8 Å². The van der Waals surface area contributed by atoms with Crippen LogP contribution >= 0.6 is 0 Å². The third kappa shape index (κ3) is 3.71. The fourth-order valence-electron chi connectivity index (χ4n) is 1.54. The van der Waals surface area contributed by atoms with Gasteiger partial charge in [0.2, 0.25) is 5.91 Å². The lowest BCUT2D eigenvalue weighted by Crippen LogP contribution is -2.45. The van der Waals surface area contributed by atoms with Gasteiger partial charge in [-0.25, -0.2) is 4.79 Å². The minimum atomic E-state index is -1.13. The summed E-state index contributed by atoms with van der Waals surface area (Å²) in [6.07, 6.45) is 0. The highest BCUT2D eigenvalue weighted by Gasteiger charge is 2.28. The standard InChI is InChI=1S/C14H20N2O4/c1-14(2,3)11(15)12(17)16-10-7-8(20-4)5-6-9(10)13(18)19/h5-7,11H,15H2,1-4H3,(H,16,17)(H,18,19)/t11-/m0/s1. The molecule has 1 aromatic rings. The number of benzene rings is 1. The Bertz CT molecular complexity index is 520. The molecule has 4 N–H and O–H groups in total. The van der Waals surface area contributed by atoms with Gasteiger partial charge in [0.25, 0.3) is 0 Å². The molecule has 0 aromatic heterocycles. The second-order valence-electron chi connectivity index (χ2n) is 5.55. The van der Waals surface area contributed by atoms with Gasteiger partial charge in [-0.2, -0.15) is 0 Å². The average molecular weight is 280 g/mol. The molecule has 0 spiro atoms. The summed E-state index contributed by atoms with van der Waals surface area (Å²) in [6, 6.07) is 3.59. The van der Waals surface area contributed by atoms with Crippen molar-refractivity contribution in [1.29, 1.82) is 0 Å². The van der Waals surface area contributed by atoms with Crippen LogP contribution in [-0.2, 0) is 4.79 Å². The van der Waals surface area contributed by atoms with E-state index in [9.17, 15) is 9.59 Å². The van der Waals surface area contributed by atoms with Crippen LogP contribution in [0.25, 0.3) is 0 Å². The maximum atomic E-state index is 12.1. The number of ether oxygens (including phenoxy) is 1. The molecular weight excluding hydrogens is 260 g/mol. The van der Waals surface area contributed by atoms with Crippen molar-refractivity contribution in [2.45, 2.75) is 26.8 Å². The van der Waals surface area contributed by atoms with E-state index in [1.807, 2.05) is 20.8 Å². The van der Waals surface area contributed by atoms with Gasteiger partial charge in [-0.3, -0.25) is 4.79 Å². The maximum Gasteiger partial charge on any atom is 0.337 e. The van der Waals surface area contributed by atoms with Gasteiger partial charge < -0.3 is 20.9 Å². The second kappa shape index (κ2) is 5.92. The molecule has 0 fully saturated rings. The number of carbonyl (C=O) groups excluding carboxylic acids is 1. The largest absolute Gasteiger partial charge is 0.497 e. The lowest BCUT2D eigenvalue weighted by molar-refractivity contribution is -0.119. The summed E-state index contributed by atoms with van der Waals surface area (Å²) in [5, 5.41) is 11.7. The fraction of sp³-hybridized carbons (Fsp3) is 0.429. The van der Waals surface area contributed by atoms with E-state index in [-0.39, 0.29) is 11.3 Å². The third-order valence-electron chi connectivity index (χ3n) is 2.93. The zero-order chi connectivity index (χ0) is 15.5. The molecule has 1 aromatic carbocycles. The fourth-order valence-corrected chi connectivity index (χ4v) is 1.54. The molecule has 0 radical (unpaired) electrons. The normalized spacial score (nSPS) is 12.7. The average Bonchev–Trinajstić information content (AvgIpc) is 2.36. The molecule has 0 bridgehead atoms. The Hall–Kier alpha value is -2.08. The van der Waals surface area contributed by atoms with E-state index >= 15 is 0 Å². The smallest absolute Gasteiger partial charge is 0.337 e. The Morgan fingerprint density at radius 2 is 1.95 bits per heavy atom. The van der Waals surface area contributed by atoms with E-state index in [4.69, 9.17) is 15.6 Å². The minimum absolute atomic E-state index is 0.0136. The molecule has 0 aliphatic rings. The molecule has 1 amide bonds. The van der Waals surface area contributed by atoms with Crippen LogP contribution in [-0.4, -0.2) is 30.1 Å². The molecule has 0 aliphatic heterocycles. The Morgan fingerprint density at radius 1 is 1.35 bits per heavy atom. The predicted molar refractivity (Wildman–Crippen MR) is 76.0 cm³/mol. The number of carboxylic acid groups (broad SMARTS) is 1. The molecular formula is C14H20N2O4. The zero-order valence-corrected chi connectivity index (χ0v) is 12.1. The van der Waals surface area contributed by atoms with Crippen LogP contribution in [0.4, 0.5) is 5.69 Å². The van der Waals surface area contributed by atoms with Crippen molar-refractivity contribution in [3.8, 4) is 5.75 Å². The van der Waals surface area contributed by atoms with Crippen molar-refractivity contribution in [1.82, 2.24) is 0 Å². The summed E-state index contributed by atoms with van der Waals surface area (Å²) < 4.78 is 5.02. The molecule has 0 unspecified atom stereocenters. The van der Waals surface area contributed by atoms with Crippen molar-refractivity contribution in [2.75, 3.05) is 12.4 Å². The van der Waals surface area contributed by atoms with Crippen LogP contribution in [0.5, 0.6) is 5.75 Å². The molecule has 6 nitrogen and oxygen atoms in total. The number of carbonyl (C=O) groups is 2. The number of anilines is 1. The summed E-state index contributed by atoms with van der Waals surface area (Å²) in [5.74, 6) is -1.12. The van der Waals surface area contributed by atoms with E-state index in [2.05, 4.69) is 5.32 Å². The lowest BCUT2D eigenvalue weighted by atomic mass is 9.87. The highest BCUT2D eigenvalue weighted by atomic mass is 16.5. The van der Waals surface area contributed by atoms with Crippen molar-refractivity contribution in [3.63, 3.8) is 0 Å². The summed E-state index contributed by atoms with van der Waals surface area (Å²) in [4.78, 5) is 23.2. The number of hydrogen-bond donors (Lipinski definition) is 3. The predicted octanol–water partition coefficient (Wildman–Crippen LogP) is 1.71. The van der Waals surface area contributed by atoms with Crippen molar-refractivity contribution < 1.29 is 19.4 Å². The quantitative estimate of drug-likeness (QED) is 0.779. The van der Waals surface area contributed by atoms with Crippen LogP contribution in [0.2, 0.25) is 0 Å². The first-order valence-corrected chi connectivity index (χ1v) is 6.14. The summed E-state index contributed by atoms with van der Waals surface area (Å²) >= 11 is 0. The molecule has 0 heterocycles. The summed E-state index contributed by atoms with van der Waals surface area (Å²) in [6.45, 7) is 5.50. The van der Waals surface area contributed by atoms with Gasteiger partial charge in [0, 0.05) is 6.07 Å². The van der Waals surface area contributed by atoms with E-state index in [0.717, 1.165) is 0 Å². The summed E-state index contributed by atoms with van der Waals surface area (Å²) in [7, 11) is 1.46. The molecule has 1 atom stereocenters. The number of rotatable bonds is 4. The van der Waals surface area contributed by atoms with Crippen LogP contribution in [0.1, 0.15) is 31.1 Å². The van der Waals surface area contributed by atoms with E-state index in [0.29, 0.717) is 5.75 Å². The van der Waals surface area contributed by atoms with Crippen LogP contribution in [0.15, 0.2) is 18.2 Å². The SMILES string of the molecule is COc1ccc(C(=O)O)c(NC(=O)[C@H](N)C(C)(C)C)c1. The monoisotopic (exact) mass is 280 g/mol. The minimum Gasteiger partial charge on any atom is -0.497 e. The van der Waals surface area contributed by atoms with Crippen molar-refractivity contribution >= 4 is 17.6 Å². The second-order valence-corrected chi connectivity index (χ2v) is 5.55. The molecule has 0 aliphatic carbocycles. The third-order valence-corrected chi connectivity index (χ3v) is 2.93. The van der Waals surface area contributed by atoms with Gasteiger partial charge in [-0.1, -0.05) is 20.8 Å². The van der Waals surface area contributed by atoms with E-state index in [1.165, 1.54) is 25.3 Å². The number of hydrogen-bond acceptors (Lipinski definition) is 4. The molecule has 0 saturated carbocycles. The lowest BCUT2D eigenvalue weighted by Gasteiger charge is -2.26. The number of carboxylic acids is 1. The van der Waals surface area contributed by atoms with Crippen molar-refractivity contribution in [2.24, 2.45) is 11.1 Å². The van der Waals surface area contributed by atoms with E-state index in [1.54, 1.807) is 0 Å². The van der Waals surface area contributed by atoms with Gasteiger partial charge in [-0.15, -0.1) is 0 Å². The van der Waals surface area contributed by atoms with Gasteiger partial charge in [0.15, 0.2) is 0 Å². The van der Waals surface area contributed by atoms with Gasteiger partial charge >= 0.3 is 5.97 Å². The molecule has 20 heavy (non-hydrogen) atoms. The van der Waals surface area contributed by atoms with Crippen LogP contribution in [0.3, 0.4) is 0 Å². The Labute approximate surface area is 117 Å². The number of nitrogens with one attached hydrogen (secondary N) is 1. The maximum absolute atomic E-state index is 12.1. The highest BCUT2D eigenvalue weighted by Crippen LogP contribution is 2.24. The number of nitrogens with two attached hydrogens (primary N) is 1. The first-order chi connectivity index (χ1) is 9.16. The number of methoxy groups -OCH3 is 1. The van der Waals surface area contributed by atoms with E-state index < -0.39 is 23.3 Å². The van der Waals surface area contributed by atoms with Crippen molar-refractivity contribution in [3.05, 3.63) is 23.8 Å². The highest BCUT2D eigenvalue weighted by molar-refractivity contribution is 6.02. The molecule has 1 rings (SSSR count). The first-order valence-electron chi connectivity index (χ1n) is 6.14. The molecule has 0 saturated heterocycles. The number of aromatic carboxylic acids is 1. The Kier molecular flexibility index (Phi) is 4.73. The Balaban J connectivity index is 3.07. The molecule has 110 valence electrons. The van der Waals surface area contributed by atoms with Gasteiger partial charge in [-0.05, 0) is 17.5 Å². The number of amides is 1. The summed E-state index contributed by atoms with van der Waals surface area (Å²) in [5.41, 5.74) is 5.58. The molecule has 6 heteroatoms.